The number of fused-ring (bicyclic) bond motifs is 3. The minimum Gasteiger partial charge on any atom is -0.488 e. The number of benzene rings is 2. The number of esters is 2. The Balaban J connectivity index is 1.41. The van der Waals surface area contributed by atoms with Crippen molar-refractivity contribution < 1.29 is 28.6 Å². The van der Waals surface area contributed by atoms with E-state index in [-0.39, 0.29) is 11.3 Å². The molecule has 0 spiro atoms. The highest BCUT2D eigenvalue weighted by Crippen LogP contribution is 2.42. The van der Waals surface area contributed by atoms with Crippen LogP contribution in [0.5, 0.6) is 5.75 Å². The zero-order chi connectivity index (χ0) is 21.1. The fraction of sp³-hybridized carbons (Fsp3) is 0.136. The van der Waals surface area contributed by atoms with E-state index in [0.717, 1.165) is 21.8 Å². The molecule has 1 N–H and O–H groups in total. The van der Waals surface area contributed by atoms with Crippen molar-refractivity contribution in [3.63, 3.8) is 0 Å². The van der Waals surface area contributed by atoms with Crippen LogP contribution in [-0.4, -0.2) is 31.6 Å². The first-order valence-corrected chi connectivity index (χ1v) is 9.87. The molecule has 152 valence electrons. The molecule has 1 aliphatic rings. The fourth-order valence-electron chi connectivity index (χ4n) is 3.07. The summed E-state index contributed by atoms with van der Waals surface area (Å²) in [6, 6.07) is 15.8. The number of carbonyl (C=O) groups is 3. The Morgan fingerprint density at radius 2 is 1.83 bits per heavy atom. The molecule has 0 aliphatic carbocycles. The number of ether oxygens (including phenoxy) is 3. The molecule has 0 bridgehead atoms. The zero-order valence-electron chi connectivity index (χ0n) is 16.0. The Morgan fingerprint density at radius 1 is 1.07 bits per heavy atom. The lowest BCUT2D eigenvalue weighted by atomic mass is 10.1. The fourth-order valence-corrected chi connectivity index (χ4v) is 4.16. The van der Waals surface area contributed by atoms with Gasteiger partial charge in [-0.15, -0.1) is 11.3 Å². The van der Waals surface area contributed by atoms with Crippen LogP contribution < -0.4 is 10.1 Å². The molecule has 0 saturated carbocycles. The summed E-state index contributed by atoms with van der Waals surface area (Å²) in [6.07, 6.45) is 0. The van der Waals surface area contributed by atoms with Gasteiger partial charge in [0.2, 0.25) is 0 Å². The molecule has 0 unspecified atom stereocenters. The number of thiophene rings is 1. The van der Waals surface area contributed by atoms with Crippen LogP contribution in [0.4, 0.5) is 5.69 Å². The number of amides is 1. The molecule has 1 aliphatic heterocycles. The van der Waals surface area contributed by atoms with Gasteiger partial charge in [0.15, 0.2) is 6.61 Å². The molecule has 30 heavy (non-hydrogen) atoms. The smallest absolute Gasteiger partial charge is 0.348 e. The molecule has 1 amide bonds. The minimum absolute atomic E-state index is 0.212. The molecular weight excluding hydrogens is 406 g/mol. The van der Waals surface area contributed by atoms with Crippen LogP contribution in [0.1, 0.15) is 25.6 Å². The zero-order valence-corrected chi connectivity index (χ0v) is 16.8. The Bertz CT molecular complexity index is 1140. The normalized spacial score (nSPS) is 11.5. The van der Waals surface area contributed by atoms with E-state index in [1.54, 1.807) is 24.3 Å². The van der Waals surface area contributed by atoms with E-state index in [9.17, 15) is 14.4 Å². The Kier molecular flexibility index (Phi) is 5.49. The topological polar surface area (TPSA) is 90.9 Å². The van der Waals surface area contributed by atoms with Gasteiger partial charge in [-0.1, -0.05) is 24.3 Å². The molecule has 0 atom stereocenters. The summed E-state index contributed by atoms with van der Waals surface area (Å²) in [5, 5.41) is 2.56. The molecular formula is C22H17NO6S. The summed E-state index contributed by atoms with van der Waals surface area (Å²) in [7, 11) is 1.26. The van der Waals surface area contributed by atoms with Gasteiger partial charge in [0.05, 0.1) is 18.4 Å². The Labute approximate surface area is 176 Å². The first-order chi connectivity index (χ1) is 14.6. The summed E-state index contributed by atoms with van der Waals surface area (Å²) < 4.78 is 15.6. The van der Waals surface area contributed by atoms with E-state index >= 15 is 0 Å². The van der Waals surface area contributed by atoms with Crippen molar-refractivity contribution in [2.24, 2.45) is 0 Å². The van der Waals surface area contributed by atoms with Gasteiger partial charge in [0.25, 0.3) is 5.91 Å². The van der Waals surface area contributed by atoms with E-state index < -0.39 is 24.5 Å². The van der Waals surface area contributed by atoms with E-state index in [4.69, 9.17) is 14.2 Å². The monoisotopic (exact) mass is 423 g/mol. The summed E-state index contributed by atoms with van der Waals surface area (Å²) in [5.41, 5.74) is 2.33. The van der Waals surface area contributed by atoms with Gasteiger partial charge in [-0.25, -0.2) is 9.59 Å². The van der Waals surface area contributed by atoms with E-state index in [0.29, 0.717) is 11.5 Å². The number of hydrogen-bond donors (Lipinski definition) is 1. The molecule has 1 aromatic heterocycles. The van der Waals surface area contributed by atoms with Gasteiger partial charge in [-0.05, 0) is 30.3 Å². The molecule has 7 nitrogen and oxygen atoms in total. The second-order valence-electron chi connectivity index (χ2n) is 6.41. The maximum absolute atomic E-state index is 12.4. The highest BCUT2D eigenvalue weighted by molar-refractivity contribution is 7.17. The predicted molar refractivity (Wildman–Crippen MR) is 111 cm³/mol. The lowest BCUT2D eigenvalue weighted by Crippen LogP contribution is -2.22. The molecule has 0 saturated heterocycles. The van der Waals surface area contributed by atoms with E-state index in [2.05, 4.69) is 5.32 Å². The lowest BCUT2D eigenvalue weighted by molar-refractivity contribution is -0.119. The summed E-state index contributed by atoms with van der Waals surface area (Å²) in [6.45, 7) is -0.106. The van der Waals surface area contributed by atoms with E-state index in [1.165, 1.54) is 24.5 Å². The molecule has 0 radical (unpaired) electrons. The van der Waals surface area contributed by atoms with E-state index in [1.807, 2.05) is 24.3 Å². The van der Waals surface area contributed by atoms with Gasteiger partial charge in [-0.2, -0.15) is 0 Å². The van der Waals surface area contributed by atoms with Crippen molar-refractivity contribution >= 4 is 34.9 Å². The Morgan fingerprint density at radius 3 is 2.67 bits per heavy atom. The molecule has 2 aromatic carbocycles. The van der Waals surface area contributed by atoms with Crippen molar-refractivity contribution in [1.82, 2.24) is 0 Å². The number of nitrogens with one attached hydrogen (secondary N) is 1. The molecule has 8 heteroatoms. The first-order valence-electron chi connectivity index (χ1n) is 9.06. The third-order valence-electron chi connectivity index (χ3n) is 4.47. The van der Waals surface area contributed by atoms with Crippen LogP contribution >= 0.6 is 11.3 Å². The van der Waals surface area contributed by atoms with Crippen molar-refractivity contribution in [2.45, 2.75) is 6.61 Å². The van der Waals surface area contributed by atoms with Crippen LogP contribution in [0, 0.1) is 0 Å². The van der Waals surface area contributed by atoms with Crippen LogP contribution in [0.25, 0.3) is 10.4 Å². The SMILES string of the molecule is COC(=O)c1ccccc1NC(=O)COC(=O)c1cc2c(s1)-c1ccccc1OC2. The second-order valence-corrected chi connectivity index (χ2v) is 7.46. The number of carbonyl (C=O) groups excluding carboxylic acids is 3. The summed E-state index contributed by atoms with van der Waals surface area (Å²) >= 11 is 1.30. The average Bonchev–Trinajstić information content (AvgIpc) is 3.22. The predicted octanol–water partition coefficient (Wildman–Crippen LogP) is 3.89. The maximum Gasteiger partial charge on any atom is 0.348 e. The summed E-state index contributed by atoms with van der Waals surface area (Å²) in [5.74, 6) is -0.956. The second kappa shape index (κ2) is 8.38. The number of anilines is 1. The number of para-hydroxylation sites is 2. The third-order valence-corrected chi connectivity index (χ3v) is 5.66. The number of methoxy groups -OCH3 is 1. The highest BCUT2D eigenvalue weighted by Gasteiger charge is 2.23. The van der Waals surface area contributed by atoms with Gasteiger partial charge in [0, 0.05) is 16.0 Å². The average molecular weight is 423 g/mol. The third kappa shape index (κ3) is 3.90. The molecule has 0 fully saturated rings. The van der Waals surface area contributed by atoms with Crippen molar-refractivity contribution in [2.75, 3.05) is 19.0 Å². The van der Waals surface area contributed by atoms with Crippen molar-refractivity contribution in [3.05, 3.63) is 70.6 Å². The summed E-state index contributed by atoms with van der Waals surface area (Å²) in [4.78, 5) is 37.8. The molecule has 4 rings (SSSR count). The van der Waals surface area contributed by atoms with Crippen molar-refractivity contribution in [3.8, 4) is 16.2 Å². The number of hydrogen-bond acceptors (Lipinski definition) is 7. The van der Waals surface area contributed by atoms with Crippen LogP contribution in [0.3, 0.4) is 0 Å². The minimum atomic E-state index is -0.594. The van der Waals surface area contributed by atoms with Crippen LogP contribution in [-0.2, 0) is 20.9 Å². The highest BCUT2D eigenvalue weighted by atomic mass is 32.1. The van der Waals surface area contributed by atoms with Gasteiger partial charge in [-0.3, -0.25) is 4.79 Å². The maximum atomic E-state index is 12.4. The molecule has 2 heterocycles. The standard InChI is InChI=1S/C22H17NO6S/c1-27-21(25)14-6-2-4-8-16(14)23-19(24)12-29-22(26)18-10-13-11-28-17-9-5-3-7-15(17)20(13)30-18/h2-10H,11-12H2,1H3,(H,23,24). The largest absolute Gasteiger partial charge is 0.488 e. The first kappa shape index (κ1) is 19.7. The van der Waals surface area contributed by atoms with Crippen LogP contribution in [0.2, 0.25) is 0 Å². The quantitative estimate of drug-likeness (QED) is 0.626. The lowest BCUT2D eigenvalue weighted by Gasteiger charge is -2.16. The number of rotatable bonds is 5. The molecule has 3 aromatic rings. The van der Waals surface area contributed by atoms with Gasteiger partial charge in [0.1, 0.15) is 17.2 Å². The van der Waals surface area contributed by atoms with Crippen LogP contribution in [0.15, 0.2) is 54.6 Å². The van der Waals surface area contributed by atoms with Crippen molar-refractivity contribution in [1.29, 1.82) is 0 Å². The van der Waals surface area contributed by atoms with Gasteiger partial charge < -0.3 is 19.5 Å². The van der Waals surface area contributed by atoms with Gasteiger partial charge >= 0.3 is 11.9 Å². The Hall–Kier alpha value is -3.65.